The van der Waals surface area contributed by atoms with E-state index in [1.165, 1.54) is 22.0 Å². The fourth-order valence-corrected chi connectivity index (χ4v) is 2.14. The predicted octanol–water partition coefficient (Wildman–Crippen LogP) is 1.45. The molecule has 0 aliphatic carbocycles. The molecule has 1 aromatic carbocycles. The van der Waals surface area contributed by atoms with Crippen LogP contribution in [0.3, 0.4) is 0 Å². The van der Waals surface area contributed by atoms with Crippen molar-refractivity contribution >= 4 is 11.9 Å². The number of carboxylic acid groups (broad SMARTS) is 1. The maximum Gasteiger partial charge on any atom is 0.325 e. The van der Waals surface area contributed by atoms with Gasteiger partial charge in [0.2, 0.25) is 5.91 Å². The highest BCUT2D eigenvalue weighted by Gasteiger charge is 2.06. The molecule has 1 amide bonds. The molecule has 0 fully saturated rings. The quantitative estimate of drug-likeness (QED) is 0.666. The zero-order valence-corrected chi connectivity index (χ0v) is 14.4. The molecule has 0 saturated carbocycles. The first-order chi connectivity index (χ1) is 11.9. The summed E-state index contributed by atoms with van der Waals surface area (Å²) in [7, 11) is 0. The number of hydrogen-bond donors (Lipinski definition) is 2. The Balaban J connectivity index is 1.64. The van der Waals surface area contributed by atoms with Crippen LogP contribution in [0.4, 0.5) is 0 Å². The van der Waals surface area contributed by atoms with Gasteiger partial charge < -0.3 is 15.2 Å². The summed E-state index contributed by atoms with van der Waals surface area (Å²) in [5.74, 6) is -0.306. The van der Waals surface area contributed by atoms with Crippen LogP contribution >= 0.6 is 0 Å². The second kappa shape index (κ2) is 8.81. The smallest absolute Gasteiger partial charge is 0.325 e. The van der Waals surface area contributed by atoms with Crippen LogP contribution in [-0.2, 0) is 22.7 Å². The number of carbonyl (C=O) groups is 2. The zero-order valence-electron chi connectivity index (χ0n) is 14.4. The van der Waals surface area contributed by atoms with Crippen molar-refractivity contribution in [2.24, 2.45) is 0 Å². The molecule has 0 saturated heterocycles. The lowest BCUT2D eigenvalue weighted by molar-refractivity contribution is -0.138. The summed E-state index contributed by atoms with van der Waals surface area (Å²) in [6, 6.07) is 5.91. The highest BCUT2D eigenvalue weighted by Crippen LogP contribution is 2.16. The average molecular weight is 346 g/mol. The zero-order chi connectivity index (χ0) is 18.2. The van der Waals surface area contributed by atoms with E-state index in [-0.39, 0.29) is 19.0 Å². The molecule has 8 nitrogen and oxygen atoms in total. The Bertz CT molecular complexity index is 742. The Hall–Kier alpha value is -2.90. The summed E-state index contributed by atoms with van der Waals surface area (Å²) in [5, 5.41) is 18.9. The maximum absolute atomic E-state index is 11.8. The molecule has 0 atom stereocenters. The lowest BCUT2D eigenvalue weighted by atomic mass is 10.1. The molecule has 2 aromatic rings. The predicted molar refractivity (Wildman–Crippen MR) is 90.1 cm³/mol. The first kappa shape index (κ1) is 18.4. The summed E-state index contributed by atoms with van der Waals surface area (Å²) in [6.07, 6.45) is 2.44. The molecule has 0 bridgehead atoms. The number of carboxylic acids is 1. The van der Waals surface area contributed by atoms with Crippen molar-refractivity contribution < 1.29 is 19.4 Å². The average Bonchev–Trinajstić information content (AvgIpc) is 2.99. The van der Waals surface area contributed by atoms with E-state index in [1.807, 2.05) is 32.0 Å². The van der Waals surface area contributed by atoms with Crippen LogP contribution in [0, 0.1) is 13.8 Å². The van der Waals surface area contributed by atoms with E-state index in [1.54, 1.807) is 0 Å². The number of aryl methyl sites for hydroxylation is 2. The van der Waals surface area contributed by atoms with Crippen LogP contribution in [0.5, 0.6) is 5.75 Å². The van der Waals surface area contributed by atoms with Gasteiger partial charge in [0.1, 0.15) is 18.0 Å². The Kier molecular flexibility index (Phi) is 6.50. The molecule has 1 heterocycles. The van der Waals surface area contributed by atoms with Gasteiger partial charge in [-0.05, 0) is 43.5 Å². The Morgan fingerprint density at radius 3 is 2.80 bits per heavy atom. The minimum Gasteiger partial charge on any atom is -0.494 e. The van der Waals surface area contributed by atoms with Gasteiger partial charge in [-0.2, -0.15) is 0 Å². The highest BCUT2D eigenvalue weighted by atomic mass is 16.5. The van der Waals surface area contributed by atoms with Crippen molar-refractivity contribution in [2.45, 2.75) is 39.8 Å². The lowest BCUT2D eigenvalue weighted by Gasteiger charge is -2.08. The lowest BCUT2D eigenvalue weighted by Crippen LogP contribution is -2.23. The topological polar surface area (TPSA) is 106 Å². The molecule has 25 heavy (non-hydrogen) atoms. The Labute approximate surface area is 145 Å². The molecule has 2 rings (SSSR count). The number of nitrogens with one attached hydrogen (secondary N) is 1. The van der Waals surface area contributed by atoms with Crippen molar-refractivity contribution in [3.05, 3.63) is 41.2 Å². The maximum atomic E-state index is 11.8. The third-order valence-electron chi connectivity index (χ3n) is 3.65. The van der Waals surface area contributed by atoms with Gasteiger partial charge in [-0.1, -0.05) is 11.3 Å². The standard InChI is InChI=1S/C17H22N4O4/c1-12-5-6-15(8-13(12)2)25-7-3-4-16(22)18-9-14-10-21(20-19-14)11-17(23)24/h5-6,8,10H,3-4,7,9,11H2,1-2H3,(H,18,22)(H,23,24). The molecule has 1 aromatic heterocycles. The summed E-state index contributed by atoms with van der Waals surface area (Å²) in [6.45, 7) is 4.50. The second-order valence-electron chi connectivity index (χ2n) is 5.78. The van der Waals surface area contributed by atoms with Gasteiger partial charge >= 0.3 is 5.97 Å². The normalized spacial score (nSPS) is 10.5. The van der Waals surface area contributed by atoms with Crippen LogP contribution in [-0.4, -0.2) is 38.6 Å². The number of nitrogens with zero attached hydrogens (tertiary/aromatic N) is 3. The number of aromatic nitrogens is 3. The summed E-state index contributed by atoms with van der Waals surface area (Å²) in [5.41, 5.74) is 2.90. The van der Waals surface area contributed by atoms with Crippen molar-refractivity contribution in [1.82, 2.24) is 20.3 Å². The van der Waals surface area contributed by atoms with Crippen molar-refractivity contribution in [2.75, 3.05) is 6.61 Å². The van der Waals surface area contributed by atoms with E-state index >= 15 is 0 Å². The third kappa shape index (κ3) is 6.25. The van der Waals surface area contributed by atoms with Gasteiger partial charge in [0.25, 0.3) is 0 Å². The van der Waals surface area contributed by atoms with Crippen molar-refractivity contribution in [3.8, 4) is 5.75 Å². The molecular weight excluding hydrogens is 324 g/mol. The van der Waals surface area contributed by atoms with Crippen LogP contribution in [0.1, 0.15) is 29.7 Å². The molecule has 0 unspecified atom stereocenters. The molecule has 0 spiro atoms. The molecule has 8 heteroatoms. The van der Waals surface area contributed by atoms with Gasteiger partial charge in [-0.3, -0.25) is 9.59 Å². The number of hydrogen-bond acceptors (Lipinski definition) is 5. The Morgan fingerprint density at radius 1 is 1.28 bits per heavy atom. The fourth-order valence-electron chi connectivity index (χ4n) is 2.14. The van der Waals surface area contributed by atoms with E-state index in [4.69, 9.17) is 9.84 Å². The van der Waals surface area contributed by atoms with Crippen molar-refractivity contribution in [3.63, 3.8) is 0 Å². The van der Waals surface area contributed by atoms with Crippen LogP contribution in [0.15, 0.2) is 24.4 Å². The summed E-state index contributed by atoms with van der Waals surface area (Å²) in [4.78, 5) is 22.4. The molecule has 0 radical (unpaired) electrons. The SMILES string of the molecule is Cc1ccc(OCCCC(=O)NCc2cn(CC(=O)O)nn2)cc1C. The number of rotatable bonds is 9. The van der Waals surface area contributed by atoms with Gasteiger partial charge in [-0.25, -0.2) is 4.68 Å². The number of ether oxygens (including phenoxy) is 1. The van der Waals surface area contributed by atoms with E-state index < -0.39 is 5.97 Å². The second-order valence-corrected chi connectivity index (χ2v) is 5.78. The minimum atomic E-state index is -0.996. The number of amides is 1. The molecule has 2 N–H and O–H groups in total. The van der Waals surface area contributed by atoms with E-state index in [9.17, 15) is 9.59 Å². The van der Waals surface area contributed by atoms with Crippen LogP contribution in [0.2, 0.25) is 0 Å². The van der Waals surface area contributed by atoms with Crippen LogP contribution in [0.25, 0.3) is 0 Å². The number of carbonyl (C=O) groups excluding carboxylic acids is 1. The van der Waals surface area contributed by atoms with Crippen molar-refractivity contribution in [1.29, 1.82) is 0 Å². The molecule has 0 aliphatic rings. The highest BCUT2D eigenvalue weighted by molar-refractivity contribution is 5.75. The monoisotopic (exact) mass is 346 g/mol. The Morgan fingerprint density at radius 2 is 2.08 bits per heavy atom. The summed E-state index contributed by atoms with van der Waals surface area (Å²) >= 11 is 0. The molecular formula is C17H22N4O4. The van der Waals surface area contributed by atoms with Gasteiger partial charge in [0.05, 0.1) is 19.3 Å². The van der Waals surface area contributed by atoms with E-state index in [0.717, 1.165) is 5.75 Å². The minimum absolute atomic E-state index is 0.114. The first-order valence-electron chi connectivity index (χ1n) is 8.01. The largest absolute Gasteiger partial charge is 0.494 e. The summed E-state index contributed by atoms with van der Waals surface area (Å²) < 4.78 is 6.84. The van der Waals surface area contributed by atoms with Gasteiger partial charge in [0, 0.05) is 6.42 Å². The number of benzene rings is 1. The van der Waals surface area contributed by atoms with Gasteiger partial charge in [-0.15, -0.1) is 5.10 Å². The third-order valence-corrected chi connectivity index (χ3v) is 3.65. The van der Waals surface area contributed by atoms with Gasteiger partial charge in [0.15, 0.2) is 0 Å². The fraction of sp³-hybridized carbons (Fsp3) is 0.412. The first-order valence-corrected chi connectivity index (χ1v) is 8.01. The number of aliphatic carboxylic acids is 1. The van der Waals surface area contributed by atoms with E-state index in [2.05, 4.69) is 15.6 Å². The molecule has 134 valence electrons. The molecule has 0 aliphatic heterocycles. The van der Waals surface area contributed by atoms with E-state index in [0.29, 0.717) is 25.1 Å². The van der Waals surface area contributed by atoms with Crippen LogP contribution < -0.4 is 10.1 Å².